The van der Waals surface area contributed by atoms with Gasteiger partial charge in [-0.1, -0.05) is 130 Å². The quantitative estimate of drug-likeness (QED) is 0.0519. The molecule has 4 aromatic carbocycles. The van der Waals surface area contributed by atoms with Gasteiger partial charge in [0.15, 0.2) is 0 Å². The fourth-order valence-electron chi connectivity index (χ4n) is 7.21. The molecule has 57 heavy (non-hydrogen) atoms. The molecular weight excluding hydrogens is 739 g/mol. The number of hydrogen-bond acceptors (Lipinski definition) is 9. The second kappa shape index (κ2) is 23.5. The largest absolute Gasteiger partial charge is 0.448 e. The van der Waals surface area contributed by atoms with Gasteiger partial charge < -0.3 is 42.5 Å². The Kier molecular flexibility index (Phi) is 18.2. The molecule has 11 heteroatoms. The van der Waals surface area contributed by atoms with E-state index in [-0.39, 0.29) is 17.0 Å². The van der Waals surface area contributed by atoms with Crippen molar-refractivity contribution in [1.82, 2.24) is 4.90 Å². The Morgan fingerprint density at radius 2 is 0.895 bits per heavy atom. The molecule has 1 aliphatic carbocycles. The zero-order valence-corrected chi connectivity index (χ0v) is 35.2. The predicted octanol–water partition coefficient (Wildman–Crippen LogP) is 6.54. The van der Waals surface area contributed by atoms with Crippen LogP contribution in [0.25, 0.3) is 11.1 Å². The van der Waals surface area contributed by atoms with Crippen molar-refractivity contribution in [2.24, 2.45) is 0 Å². The van der Waals surface area contributed by atoms with Crippen molar-refractivity contribution in [3.63, 3.8) is 0 Å². The van der Waals surface area contributed by atoms with Crippen molar-refractivity contribution in [2.45, 2.75) is 31.7 Å². The van der Waals surface area contributed by atoms with E-state index in [0.29, 0.717) is 99.0 Å². The Bertz CT molecular complexity index is 1650. The van der Waals surface area contributed by atoms with E-state index in [2.05, 4.69) is 106 Å². The smallest absolute Gasteiger partial charge is 0.409 e. The Morgan fingerprint density at radius 1 is 0.526 bits per heavy atom. The van der Waals surface area contributed by atoms with Crippen LogP contribution >= 0.6 is 0 Å². The average Bonchev–Trinajstić information content (AvgIpc) is 3.55. The predicted molar refractivity (Wildman–Crippen MR) is 226 cm³/mol. The van der Waals surface area contributed by atoms with Crippen LogP contribution in [0.1, 0.15) is 37.8 Å². The second-order valence-corrected chi connectivity index (χ2v) is 19.2. The molecule has 0 atom stereocenters. The lowest BCUT2D eigenvalue weighted by Crippen LogP contribution is -2.66. The summed E-state index contributed by atoms with van der Waals surface area (Å²) in [7, 11) is -0.830. The summed E-state index contributed by atoms with van der Waals surface area (Å²) in [5.41, 5.74) is 4.81. The van der Waals surface area contributed by atoms with E-state index >= 15 is 0 Å². The highest BCUT2D eigenvalue weighted by Gasteiger charge is 2.50. The number of carbonyl (C=O) groups excluding carboxylic acids is 1. The molecule has 0 heterocycles. The van der Waals surface area contributed by atoms with Crippen LogP contribution in [0.4, 0.5) is 4.79 Å². The second-order valence-electron chi connectivity index (χ2n) is 14.9. The van der Waals surface area contributed by atoms with Crippen molar-refractivity contribution in [3.05, 3.63) is 120 Å². The lowest BCUT2D eigenvalue weighted by molar-refractivity contribution is -0.0184. The number of rotatable bonds is 26. The Hall–Kier alpha value is -3.91. The summed E-state index contributed by atoms with van der Waals surface area (Å²) in [5.74, 6) is 0.0390. The van der Waals surface area contributed by atoms with Crippen LogP contribution in [-0.4, -0.2) is 125 Å². The van der Waals surface area contributed by atoms with Crippen LogP contribution in [0.3, 0.4) is 0 Å². The lowest BCUT2D eigenvalue weighted by Gasteiger charge is -2.43. The van der Waals surface area contributed by atoms with Gasteiger partial charge in [0.05, 0.1) is 85.9 Å². The van der Waals surface area contributed by atoms with Gasteiger partial charge in [-0.05, 0) is 37.7 Å². The third-order valence-electron chi connectivity index (χ3n) is 10.0. The lowest BCUT2D eigenvalue weighted by atomic mass is 9.98. The molecule has 0 unspecified atom stereocenters. The monoisotopic (exact) mass is 799 g/mol. The van der Waals surface area contributed by atoms with E-state index in [0.717, 1.165) is 0 Å². The van der Waals surface area contributed by atoms with Crippen LogP contribution in [0.15, 0.2) is 109 Å². The van der Waals surface area contributed by atoms with Crippen LogP contribution in [-0.2, 0) is 37.6 Å². The van der Waals surface area contributed by atoms with Gasteiger partial charge in [0, 0.05) is 19.5 Å². The molecule has 0 radical (unpaired) electrons. The molecule has 0 aromatic heterocycles. The first-order valence-electron chi connectivity index (χ1n) is 20.1. The molecule has 4 aromatic rings. The maximum atomic E-state index is 12.7. The van der Waals surface area contributed by atoms with Crippen molar-refractivity contribution in [1.29, 1.82) is 0 Å². The Labute approximate surface area is 340 Å². The highest BCUT2D eigenvalue weighted by atomic mass is 28.4. The van der Waals surface area contributed by atoms with Gasteiger partial charge in [0.1, 0.15) is 6.61 Å². The number of ether oxygens (including phenoxy) is 7. The molecule has 1 aliphatic rings. The van der Waals surface area contributed by atoms with Crippen LogP contribution in [0.2, 0.25) is 5.04 Å². The molecule has 10 nitrogen and oxygen atoms in total. The number of benzene rings is 4. The first-order valence-corrected chi connectivity index (χ1v) is 22.0. The molecule has 0 aliphatic heterocycles. The first-order chi connectivity index (χ1) is 27.8. The van der Waals surface area contributed by atoms with Crippen molar-refractivity contribution < 1.29 is 42.4 Å². The molecule has 0 bridgehead atoms. The summed E-state index contributed by atoms with van der Waals surface area (Å²) in [6.45, 7) is 13.7. The fraction of sp³-hybridized carbons (Fsp3) is 0.457. The summed E-state index contributed by atoms with van der Waals surface area (Å²) in [4.78, 5) is 14.2. The summed E-state index contributed by atoms with van der Waals surface area (Å²) in [5, 5.41) is 2.46. The molecule has 1 amide bonds. The summed E-state index contributed by atoms with van der Waals surface area (Å²) in [6, 6.07) is 37.9. The standard InChI is InChI=1S/C46H61NO9Si/c1-46(2,3)57(38-15-7-5-8-16-38,39-17-9-6-10-18-39)56-36-35-54-34-33-53-32-31-52-30-29-51-28-27-50-26-25-49-24-23-47(4)45(48)55-37-44-42-21-13-11-19-40(42)41-20-12-14-22-43(41)44/h5-22,44H,23-37H2,1-4H3. The van der Waals surface area contributed by atoms with Crippen molar-refractivity contribution in [3.8, 4) is 11.1 Å². The minimum Gasteiger partial charge on any atom is -0.448 e. The van der Waals surface area contributed by atoms with Crippen molar-refractivity contribution >= 4 is 24.8 Å². The van der Waals surface area contributed by atoms with Gasteiger partial charge in [-0.25, -0.2) is 4.79 Å². The molecule has 0 spiro atoms. The maximum Gasteiger partial charge on any atom is 0.409 e. The van der Waals surface area contributed by atoms with E-state index in [9.17, 15) is 4.79 Å². The molecule has 0 saturated carbocycles. The highest BCUT2D eigenvalue weighted by molar-refractivity contribution is 6.99. The van der Waals surface area contributed by atoms with E-state index in [1.165, 1.54) is 32.6 Å². The molecule has 308 valence electrons. The summed E-state index contributed by atoms with van der Waals surface area (Å²) in [6.07, 6.45) is -0.361. The molecule has 0 N–H and O–H groups in total. The van der Waals surface area contributed by atoms with Gasteiger partial charge in [-0.2, -0.15) is 0 Å². The summed E-state index contributed by atoms with van der Waals surface area (Å²) >= 11 is 0. The average molecular weight is 800 g/mol. The highest BCUT2D eigenvalue weighted by Crippen LogP contribution is 2.44. The van der Waals surface area contributed by atoms with E-state index in [1.807, 2.05) is 24.3 Å². The van der Waals surface area contributed by atoms with Gasteiger partial charge in [-0.15, -0.1) is 0 Å². The normalized spacial score (nSPS) is 12.7. The number of likely N-dealkylation sites (N-methyl/N-ethyl adjacent to an activating group) is 1. The van der Waals surface area contributed by atoms with Gasteiger partial charge in [-0.3, -0.25) is 0 Å². The topological polar surface area (TPSA) is 94.2 Å². The maximum absolute atomic E-state index is 12.7. The Balaban J connectivity index is 0.804. The molecule has 0 fully saturated rings. The number of fused-ring (bicyclic) bond motifs is 3. The Morgan fingerprint density at radius 3 is 1.32 bits per heavy atom. The third kappa shape index (κ3) is 12.8. The molecule has 0 saturated heterocycles. The van der Waals surface area contributed by atoms with Crippen LogP contribution in [0, 0.1) is 0 Å². The zero-order valence-electron chi connectivity index (χ0n) is 34.2. The minimum absolute atomic E-state index is 0.0390. The van der Waals surface area contributed by atoms with E-state index < -0.39 is 8.32 Å². The number of carbonyl (C=O) groups is 1. The van der Waals surface area contributed by atoms with E-state index in [4.69, 9.17) is 37.6 Å². The minimum atomic E-state index is -2.55. The molecular formula is C46H61NO9Si. The van der Waals surface area contributed by atoms with Crippen LogP contribution in [0.5, 0.6) is 0 Å². The number of hydrogen-bond donors (Lipinski definition) is 0. The van der Waals surface area contributed by atoms with Crippen molar-refractivity contribution in [2.75, 3.05) is 106 Å². The van der Waals surface area contributed by atoms with Gasteiger partial charge in [0.25, 0.3) is 8.32 Å². The SMILES string of the molecule is CN(CCOCCOCCOCCOCCOCCOCCO[Si](c1ccccc1)(c1ccccc1)C(C)(C)C)C(=O)OCC1c2ccccc2-c2ccccc21. The first kappa shape index (κ1) is 44.2. The van der Waals surface area contributed by atoms with Crippen LogP contribution < -0.4 is 10.4 Å². The number of amides is 1. The number of nitrogens with zero attached hydrogens (tertiary/aromatic N) is 1. The van der Waals surface area contributed by atoms with Gasteiger partial charge >= 0.3 is 6.09 Å². The third-order valence-corrected chi connectivity index (χ3v) is 15.1. The van der Waals surface area contributed by atoms with Gasteiger partial charge in [0.2, 0.25) is 0 Å². The zero-order chi connectivity index (χ0) is 40.2. The van der Waals surface area contributed by atoms with E-state index in [1.54, 1.807) is 11.9 Å². The fourth-order valence-corrected chi connectivity index (χ4v) is 11.8. The molecule has 5 rings (SSSR count). The summed E-state index contributed by atoms with van der Waals surface area (Å²) < 4.78 is 46.5.